The van der Waals surface area contributed by atoms with Crippen LogP contribution in [0.3, 0.4) is 0 Å². The Morgan fingerprint density at radius 3 is 2.60 bits per heavy atom. The van der Waals surface area contributed by atoms with Gasteiger partial charge in [0.25, 0.3) is 5.91 Å². The number of nitrogens with one attached hydrogen (secondary N) is 1. The maximum atomic E-state index is 12.7. The Morgan fingerprint density at radius 1 is 1.12 bits per heavy atom. The van der Waals surface area contributed by atoms with Crippen molar-refractivity contribution in [2.45, 2.75) is 0 Å². The molecule has 0 saturated heterocycles. The topological polar surface area (TPSA) is 55.6 Å². The molecule has 1 amide bonds. The fourth-order valence-electron chi connectivity index (χ4n) is 2.62. The first kappa shape index (κ1) is 15.4. The molecule has 0 aliphatic heterocycles. The molecular formula is C19H15N3O2S. The highest BCUT2D eigenvalue weighted by Crippen LogP contribution is 2.31. The highest BCUT2D eigenvalue weighted by atomic mass is 32.1. The monoisotopic (exact) mass is 349 g/mol. The number of fused-ring (bicyclic) bond motifs is 1. The molecule has 0 aliphatic rings. The van der Waals surface area contributed by atoms with Gasteiger partial charge < -0.3 is 10.1 Å². The van der Waals surface area contributed by atoms with Crippen molar-refractivity contribution in [2.75, 3.05) is 12.4 Å². The normalized spacial score (nSPS) is 10.8. The van der Waals surface area contributed by atoms with Crippen molar-refractivity contribution in [1.82, 2.24) is 9.38 Å². The molecule has 0 atom stereocenters. The number of imidazole rings is 1. The number of methoxy groups -OCH3 is 1. The molecular weight excluding hydrogens is 334 g/mol. The van der Waals surface area contributed by atoms with E-state index in [0.29, 0.717) is 17.1 Å². The third-order valence-electron chi connectivity index (χ3n) is 3.89. The zero-order valence-electron chi connectivity index (χ0n) is 13.5. The van der Waals surface area contributed by atoms with Crippen LogP contribution in [-0.2, 0) is 0 Å². The Hall–Kier alpha value is -3.12. The summed E-state index contributed by atoms with van der Waals surface area (Å²) in [6.45, 7) is 0. The summed E-state index contributed by atoms with van der Waals surface area (Å²) in [4.78, 5) is 18.2. The van der Waals surface area contributed by atoms with Gasteiger partial charge in [-0.05, 0) is 24.3 Å². The molecule has 0 aliphatic carbocycles. The van der Waals surface area contributed by atoms with E-state index in [-0.39, 0.29) is 5.91 Å². The number of carbonyl (C=O) groups excluding carboxylic acids is 1. The summed E-state index contributed by atoms with van der Waals surface area (Å²) in [6.07, 6.45) is 1.91. The number of carbonyl (C=O) groups is 1. The summed E-state index contributed by atoms with van der Waals surface area (Å²) in [7, 11) is 1.60. The highest BCUT2D eigenvalue weighted by Gasteiger charge is 2.17. The van der Waals surface area contributed by atoms with E-state index >= 15 is 0 Å². The van der Waals surface area contributed by atoms with E-state index < -0.39 is 0 Å². The number of anilines is 1. The number of benzene rings is 2. The summed E-state index contributed by atoms with van der Waals surface area (Å²) >= 11 is 1.53. The van der Waals surface area contributed by atoms with Crippen molar-refractivity contribution in [2.24, 2.45) is 0 Å². The van der Waals surface area contributed by atoms with E-state index in [0.717, 1.165) is 16.2 Å². The second kappa shape index (κ2) is 6.41. The van der Waals surface area contributed by atoms with Crippen LogP contribution in [0.15, 0.2) is 66.2 Å². The van der Waals surface area contributed by atoms with E-state index in [4.69, 9.17) is 4.74 Å². The lowest BCUT2D eigenvalue weighted by atomic mass is 10.1. The molecule has 2 heterocycles. The molecule has 2 aromatic carbocycles. The summed E-state index contributed by atoms with van der Waals surface area (Å²) in [5.41, 5.74) is 2.28. The quantitative estimate of drug-likeness (QED) is 0.597. The Labute approximate surface area is 148 Å². The van der Waals surface area contributed by atoms with E-state index in [9.17, 15) is 4.79 Å². The highest BCUT2D eigenvalue weighted by molar-refractivity contribution is 7.15. The molecule has 0 bridgehead atoms. The van der Waals surface area contributed by atoms with Gasteiger partial charge in [-0.25, -0.2) is 4.98 Å². The van der Waals surface area contributed by atoms with E-state index in [1.807, 2.05) is 46.3 Å². The Balaban J connectivity index is 1.72. The first-order valence-electron chi connectivity index (χ1n) is 7.72. The molecule has 124 valence electrons. The van der Waals surface area contributed by atoms with Crippen LogP contribution in [0, 0.1) is 0 Å². The average Bonchev–Trinajstić information content (AvgIpc) is 3.25. The fraction of sp³-hybridized carbons (Fsp3) is 0.0526. The van der Waals surface area contributed by atoms with Crippen LogP contribution in [0.1, 0.15) is 10.4 Å². The molecule has 2 aromatic heterocycles. The van der Waals surface area contributed by atoms with Gasteiger partial charge in [-0.3, -0.25) is 9.20 Å². The van der Waals surface area contributed by atoms with Crippen molar-refractivity contribution in [1.29, 1.82) is 0 Å². The molecule has 0 spiro atoms. The largest absolute Gasteiger partial charge is 0.497 e. The smallest absolute Gasteiger partial charge is 0.256 e. The van der Waals surface area contributed by atoms with E-state index in [1.54, 1.807) is 31.4 Å². The van der Waals surface area contributed by atoms with Crippen molar-refractivity contribution in [3.63, 3.8) is 0 Å². The van der Waals surface area contributed by atoms with Gasteiger partial charge in [-0.2, -0.15) is 0 Å². The first-order chi connectivity index (χ1) is 12.3. The number of ether oxygens (including phenoxy) is 1. The van der Waals surface area contributed by atoms with Crippen molar-refractivity contribution >= 4 is 28.0 Å². The molecule has 6 heteroatoms. The first-order valence-corrected chi connectivity index (χ1v) is 8.60. The second-order valence-corrected chi connectivity index (χ2v) is 6.29. The zero-order chi connectivity index (χ0) is 17.2. The summed E-state index contributed by atoms with van der Waals surface area (Å²) in [5, 5.41) is 4.94. The summed E-state index contributed by atoms with van der Waals surface area (Å²) < 4.78 is 7.03. The summed E-state index contributed by atoms with van der Waals surface area (Å²) in [5.74, 6) is 1.20. The van der Waals surface area contributed by atoms with Gasteiger partial charge in [0.05, 0.1) is 7.11 Å². The van der Waals surface area contributed by atoms with Crippen LogP contribution in [-0.4, -0.2) is 22.4 Å². The standard InChI is InChI=1S/C19H15N3O2S/c1-24-15-9-7-14(8-10-15)18(23)21-17-16(13-5-3-2-4-6-13)20-19-22(17)11-12-25-19/h2-12H,1H3,(H,21,23). The number of nitrogens with zero attached hydrogens (tertiary/aromatic N) is 2. The van der Waals surface area contributed by atoms with Crippen LogP contribution in [0.2, 0.25) is 0 Å². The number of thiazole rings is 1. The van der Waals surface area contributed by atoms with Gasteiger partial charge >= 0.3 is 0 Å². The van der Waals surface area contributed by atoms with Crippen molar-refractivity contribution in [3.8, 4) is 17.0 Å². The van der Waals surface area contributed by atoms with Crippen LogP contribution in [0.5, 0.6) is 5.75 Å². The number of aromatic nitrogens is 2. The number of hydrogen-bond donors (Lipinski definition) is 1. The fourth-order valence-corrected chi connectivity index (χ4v) is 3.34. The third kappa shape index (κ3) is 2.88. The van der Waals surface area contributed by atoms with E-state index in [2.05, 4.69) is 10.3 Å². The molecule has 0 radical (unpaired) electrons. The third-order valence-corrected chi connectivity index (χ3v) is 4.65. The minimum atomic E-state index is -0.187. The van der Waals surface area contributed by atoms with Crippen LogP contribution in [0.4, 0.5) is 5.82 Å². The van der Waals surface area contributed by atoms with Gasteiger partial charge in [0, 0.05) is 22.7 Å². The Bertz CT molecular complexity index is 1020. The number of rotatable bonds is 4. The zero-order valence-corrected chi connectivity index (χ0v) is 14.3. The average molecular weight is 349 g/mol. The number of hydrogen-bond acceptors (Lipinski definition) is 4. The lowest BCUT2D eigenvalue weighted by molar-refractivity contribution is 0.102. The van der Waals surface area contributed by atoms with Gasteiger partial charge in [0.15, 0.2) is 4.96 Å². The molecule has 1 N–H and O–H groups in total. The lowest BCUT2D eigenvalue weighted by Crippen LogP contribution is -2.13. The molecule has 0 saturated carbocycles. The molecule has 4 aromatic rings. The molecule has 5 nitrogen and oxygen atoms in total. The van der Waals surface area contributed by atoms with Gasteiger partial charge in [-0.15, -0.1) is 11.3 Å². The van der Waals surface area contributed by atoms with Gasteiger partial charge in [-0.1, -0.05) is 30.3 Å². The Morgan fingerprint density at radius 2 is 1.88 bits per heavy atom. The maximum Gasteiger partial charge on any atom is 0.256 e. The Kier molecular flexibility index (Phi) is 3.95. The maximum absolute atomic E-state index is 12.7. The molecule has 4 rings (SSSR count). The minimum Gasteiger partial charge on any atom is -0.497 e. The predicted octanol–water partition coefficient (Wildman–Crippen LogP) is 4.32. The summed E-state index contributed by atoms with van der Waals surface area (Å²) in [6, 6.07) is 16.8. The molecule has 0 unspecified atom stereocenters. The van der Waals surface area contributed by atoms with Crippen LogP contribution < -0.4 is 10.1 Å². The van der Waals surface area contributed by atoms with Crippen molar-refractivity contribution in [3.05, 3.63) is 71.7 Å². The minimum absolute atomic E-state index is 0.187. The molecule has 25 heavy (non-hydrogen) atoms. The van der Waals surface area contributed by atoms with Gasteiger partial charge in [0.2, 0.25) is 0 Å². The van der Waals surface area contributed by atoms with E-state index in [1.165, 1.54) is 11.3 Å². The number of amides is 1. The SMILES string of the molecule is COc1ccc(C(=O)Nc2c(-c3ccccc3)nc3sccn23)cc1. The van der Waals surface area contributed by atoms with Crippen LogP contribution >= 0.6 is 11.3 Å². The van der Waals surface area contributed by atoms with Crippen LogP contribution in [0.25, 0.3) is 16.2 Å². The lowest BCUT2D eigenvalue weighted by Gasteiger charge is -2.08. The second-order valence-electron chi connectivity index (χ2n) is 5.41. The van der Waals surface area contributed by atoms with Crippen molar-refractivity contribution < 1.29 is 9.53 Å². The molecule has 0 fully saturated rings. The predicted molar refractivity (Wildman–Crippen MR) is 99.5 cm³/mol. The van der Waals surface area contributed by atoms with Gasteiger partial charge in [0.1, 0.15) is 17.3 Å².